The van der Waals surface area contributed by atoms with E-state index in [0.29, 0.717) is 5.30 Å². The Morgan fingerprint density at radius 2 is 1.89 bits per heavy atom. The summed E-state index contributed by atoms with van der Waals surface area (Å²) >= 11 is 0. The van der Waals surface area contributed by atoms with Gasteiger partial charge in [-0.2, -0.15) is 0 Å². The second-order valence-corrected chi connectivity index (χ2v) is 6.48. The summed E-state index contributed by atoms with van der Waals surface area (Å²) in [6.45, 7) is 5.35. The van der Waals surface area contributed by atoms with Gasteiger partial charge in [0.15, 0.2) is 0 Å². The summed E-state index contributed by atoms with van der Waals surface area (Å²) in [5, 5.41) is 0.491. The molecule has 0 radical (unpaired) electrons. The molecule has 0 saturated heterocycles. The Hall–Kier alpha value is -1.58. The van der Waals surface area contributed by atoms with Crippen molar-refractivity contribution in [2.75, 3.05) is 20.7 Å². The molecular weight excluding hydrogens is 265 g/mol. The van der Waals surface area contributed by atoms with Crippen LogP contribution in [0.25, 0.3) is 0 Å². The third kappa shape index (κ3) is 3.69. The van der Waals surface area contributed by atoms with Crippen molar-refractivity contribution >= 4 is 18.8 Å². The summed E-state index contributed by atoms with van der Waals surface area (Å²) in [6, 6.07) is 8.67. The van der Waals surface area contributed by atoms with Gasteiger partial charge in [-0.05, 0) is 39.7 Å². The Labute approximate surface area is 113 Å². The number of carbonyl (C=O) groups excluding carboxylic acids is 1. The molecule has 19 heavy (non-hydrogen) atoms. The van der Waals surface area contributed by atoms with Crippen molar-refractivity contribution in [1.82, 2.24) is 4.67 Å². The summed E-state index contributed by atoms with van der Waals surface area (Å²) in [4.78, 5) is 11.5. The highest BCUT2D eigenvalue weighted by atomic mass is 31.2. The minimum Gasteiger partial charge on any atom is -0.460 e. The normalized spacial score (nSPS) is 13.7. The van der Waals surface area contributed by atoms with Crippen LogP contribution < -0.4 is 5.30 Å². The first-order chi connectivity index (χ1) is 8.91. The summed E-state index contributed by atoms with van der Waals surface area (Å²) in [7, 11) is -0.110. The highest BCUT2D eigenvalue weighted by Gasteiger charge is 2.32. The Kier molecular flexibility index (Phi) is 5.33. The molecule has 104 valence electrons. The van der Waals surface area contributed by atoms with E-state index in [4.69, 9.17) is 9.26 Å². The standard InChI is InChI=1S/C13H18NO4P/c1-5-17-13(15)11(2)18-19(16,14(3)4)12-9-7-6-8-10-12/h6-10H,2,5H2,1,3-4H3. The molecule has 0 N–H and O–H groups in total. The first-order valence-electron chi connectivity index (χ1n) is 5.81. The Morgan fingerprint density at radius 1 is 1.32 bits per heavy atom. The summed E-state index contributed by atoms with van der Waals surface area (Å²) in [5.74, 6) is -0.969. The lowest BCUT2D eigenvalue weighted by Crippen LogP contribution is -2.22. The SMILES string of the molecule is C=C(OP(=O)(c1ccccc1)N(C)C)C(=O)OCC. The van der Waals surface area contributed by atoms with Crippen LogP contribution >= 0.6 is 7.52 Å². The van der Waals surface area contributed by atoms with Gasteiger partial charge >= 0.3 is 13.5 Å². The first kappa shape index (κ1) is 15.5. The molecule has 1 rings (SSSR count). The topological polar surface area (TPSA) is 55.8 Å². The maximum absolute atomic E-state index is 12.9. The number of hydrogen-bond acceptors (Lipinski definition) is 4. The van der Waals surface area contributed by atoms with E-state index >= 15 is 0 Å². The molecule has 0 aliphatic heterocycles. The first-order valence-corrected chi connectivity index (χ1v) is 7.38. The fourth-order valence-electron chi connectivity index (χ4n) is 1.38. The van der Waals surface area contributed by atoms with E-state index in [0.717, 1.165) is 0 Å². The third-order valence-corrected chi connectivity index (χ3v) is 4.82. The average molecular weight is 283 g/mol. The monoisotopic (exact) mass is 283 g/mol. The number of esters is 1. The maximum Gasteiger partial charge on any atom is 0.373 e. The van der Waals surface area contributed by atoms with Crippen LogP contribution in [0, 0.1) is 0 Å². The van der Waals surface area contributed by atoms with Crippen LogP contribution in [0.5, 0.6) is 0 Å². The molecule has 5 nitrogen and oxygen atoms in total. The van der Waals surface area contributed by atoms with E-state index in [1.165, 1.54) is 4.67 Å². The van der Waals surface area contributed by atoms with Crippen molar-refractivity contribution in [2.24, 2.45) is 0 Å². The molecule has 0 bridgehead atoms. The van der Waals surface area contributed by atoms with E-state index in [9.17, 15) is 9.36 Å². The van der Waals surface area contributed by atoms with Gasteiger partial charge < -0.3 is 9.26 Å². The molecule has 0 spiro atoms. The van der Waals surface area contributed by atoms with Gasteiger partial charge in [-0.1, -0.05) is 18.2 Å². The number of carbonyl (C=O) groups is 1. The Morgan fingerprint density at radius 3 is 2.37 bits per heavy atom. The second-order valence-electron chi connectivity index (χ2n) is 3.94. The van der Waals surface area contributed by atoms with Crippen molar-refractivity contribution in [3.63, 3.8) is 0 Å². The van der Waals surface area contributed by atoms with Gasteiger partial charge in [0.1, 0.15) is 0 Å². The Balaban J connectivity index is 3.00. The number of hydrogen-bond donors (Lipinski definition) is 0. The lowest BCUT2D eigenvalue weighted by Gasteiger charge is -2.25. The quantitative estimate of drug-likeness (QED) is 0.346. The number of rotatable bonds is 6. The fraction of sp³-hybridized carbons (Fsp3) is 0.308. The summed E-state index contributed by atoms with van der Waals surface area (Å²) in [5.41, 5.74) is 0. The minimum absolute atomic E-state index is 0.207. The number of benzene rings is 1. The van der Waals surface area contributed by atoms with E-state index < -0.39 is 13.5 Å². The van der Waals surface area contributed by atoms with Crippen LogP contribution in [0.4, 0.5) is 0 Å². The molecule has 1 atom stereocenters. The molecule has 0 fully saturated rings. The van der Waals surface area contributed by atoms with Crippen LogP contribution in [-0.4, -0.2) is 31.3 Å². The van der Waals surface area contributed by atoms with Gasteiger partial charge in [0.25, 0.3) is 0 Å². The zero-order valence-electron chi connectivity index (χ0n) is 11.3. The van der Waals surface area contributed by atoms with Crippen LogP contribution in [0.2, 0.25) is 0 Å². The largest absolute Gasteiger partial charge is 0.460 e. The van der Waals surface area contributed by atoms with Crippen molar-refractivity contribution in [1.29, 1.82) is 0 Å². The molecule has 1 aromatic rings. The molecule has 0 saturated carbocycles. The van der Waals surface area contributed by atoms with Gasteiger partial charge in [0.2, 0.25) is 5.76 Å². The zero-order valence-corrected chi connectivity index (χ0v) is 12.2. The molecule has 1 unspecified atom stereocenters. The smallest absolute Gasteiger partial charge is 0.373 e. The fourth-order valence-corrected chi connectivity index (χ4v) is 3.03. The molecule has 0 amide bonds. The molecule has 0 aromatic heterocycles. The van der Waals surface area contributed by atoms with Crippen molar-refractivity contribution in [3.05, 3.63) is 42.7 Å². The highest BCUT2D eigenvalue weighted by molar-refractivity contribution is 7.64. The van der Waals surface area contributed by atoms with Crippen LogP contribution in [0.15, 0.2) is 42.7 Å². The van der Waals surface area contributed by atoms with E-state index in [1.54, 1.807) is 45.3 Å². The van der Waals surface area contributed by atoms with Crippen LogP contribution in [0.3, 0.4) is 0 Å². The lowest BCUT2D eigenvalue weighted by molar-refractivity contribution is -0.141. The van der Waals surface area contributed by atoms with Gasteiger partial charge in [-0.3, -0.25) is 4.57 Å². The van der Waals surface area contributed by atoms with Gasteiger partial charge in [0.05, 0.1) is 11.9 Å². The van der Waals surface area contributed by atoms with Gasteiger partial charge in [-0.25, -0.2) is 9.46 Å². The average Bonchev–Trinajstić information content (AvgIpc) is 2.39. The second kappa shape index (κ2) is 6.55. The van der Waals surface area contributed by atoms with Crippen LogP contribution in [-0.2, 0) is 18.6 Å². The molecule has 0 heterocycles. The van der Waals surface area contributed by atoms with E-state index in [-0.39, 0.29) is 12.4 Å². The molecular formula is C13H18NO4P. The molecule has 0 aliphatic rings. The van der Waals surface area contributed by atoms with Crippen LogP contribution in [0.1, 0.15) is 6.92 Å². The summed E-state index contributed by atoms with van der Waals surface area (Å²) < 4.78 is 24.4. The number of nitrogens with zero attached hydrogens (tertiary/aromatic N) is 1. The van der Waals surface area contributed by atoms with Crippen molar-refractivity contribution in [2.45, 2.75) is 6.92 Å². The molecule has 0 aliphatic carbocycles. The predicted octanol–water partition coefficient (Wildman–Crippen LogP) is 2.16. The Bertz CT molecular complexity index is 499. The van der Waals surface area contributed by atoms with Crippen molar-refractivity contribution < 1.29 is 18.6 Å². The zero-order chi connectivity index (χ0) is 14.5. The molecule has 1 aromatic carbocycles. The van der Waals surface area contributed by atoms with Crippen molar-refractivity contribution in [3.8, 4) is 0 Å². The van der Waals surface area contributed by atoms with Gasteiger partial charge in [-0.15, -0.1) is 0 Å². The highest BCUT2D eigenvalue weighted by Crippen LogP contribution is 2.49. The minimum atomic E-state index is -3.34. The van der Waals surface area contributed by atoms with E-state index in [2.05, 4.69) is 6.58 Å². The maximum atomic E-state index is 12.9. The number of ether oxygens (including phenoxy) is 1. The third-order valence-electron chi connectivity index (χ3n) is 2.35. The molecule has 6 heteroatoms. The summed E-state index contributed by atoms with van der Waals surface area (Å²) in [6.07, 6.45) is 0. The predicted molar refractivity (Wildman–Crippen MR) is 74.2 cm³/mol. The van der Waals surface area contributed by atoms with Gasteiger partial charge in [0, 0.05) is 0 Å². The van der Waals surface area contributed by atoms with E-state index in [1.807, 2.05) is 6.07 Å². The lowest BCUT2D eigenvalue weighted by atomic mass is 10.4.